The third kappa shape index (κ3) is 3.95. The summed E-state index contributed by atoms with van der Waals surface area (Å²) in [6.07, 6.45) is 2.18. The Bertz CT molecular complexity index is 680. The minimum atomic E-state index is -2.56. The Balaban J connectivity index is 1.58. The normalized spacial score (nSPS) is 17.7. The van der Waals surface area contributed by atoms with Crippen molar-refractivity contribution in [1.29, 1.82) is 0 Å². The summed E-state index contributed by atoms with van der Waals surface area (Å²) >= 11 is 0. The van der Waals surface area contributed by atoms with Gasteiger partial charge in [-0.15, -0.1) is 0 Å². The van der Waals surface area contributed by atoms with Crippen LogP contribution in [0.2, 0.25) is 0 Å². The van der Waals surface area contributed by atoms with Gasteiger partial charge in [-0.25, -0.2) is 13.8 Å². The summed E-state index contributed by atoms with van der Waals surface area (Å²) in [5.41, 5.74) is 0. The smallest absolute Gasteiger partial charge is 0.248 e. The maximum atomic E-state index is 13.2. The standard InChI is InChI=1S/C15H20F2N6O/c1-23(2)11-5-8-18-14(20-11)19-9-12-21-13(22-24-12)10-3-6-15(16,17)7-4-10/h5,8,10H,3-4,6-7,9H2,1-2H3,(H,18,19,20). The molecule has 1 fully saturated rings. The van der Waals surface area contributed by atoms with Crippen molar-refractivity contribution in [3.05, 3.63) is 24.0 Å². The Kier molecular flexibility index (Phi) is 4.59. The highest BCUT2D eigenvalue weighted by molar-refractivity contribution is 5.40. The zero-order chi connectivity index (χ0) is 17.2. The van der Waals surface area contributed by atoms with Crippen LogP contribution in [0.1, 0.15) is 43.3 Å². The SMILES string of the molecule is CN(C)c1ccnc(NCc2nc(C3CCC(F)(F)CC3)no2)n1. The van der Waals surface area contributed by atoms with Crippen LogP contribution in [0.4, 0.5) is 20.5 Å². The average Bonchev–Trinajstić information content (AvgIpc) is 3.02. The van der Waals surface area contributed by atoms with Gasteiger partial charge in [-0.3, -0.25) is 0 Å². The van der Waals surface area contributed by atoms with Crippen LogP contribution < -0.4 is 10.2 Å². The van der Waals surface area contributed by atoms with E-state index in [1.165, 1.54) is 0 Å². The summed E-state index contributed by atoms with van der Waals surface area (Å²) in [7, 11) is 3.79. The van der Waals surface area contributed by atoms with Gasteiger partial charge < -0.3 is 14.7 Å². The van der Waals surface area contributed by atoms with Gasteiger partial charge in [-0.1, -0.05) is 5.16 Å². The zero-order valence-corrected chi connectivity index (χ0v) is 13.7. The van der Waals surface area contributed by atoms with Gasteiger partial charge in [0.05, 0.1) is 6.54 Å². The number of hydrogen-bond acceptors (Lipinski definition) is 7. The largest absolute Gasteiger partial charge is 0.363 e. The highest BCUT2D eigenvalue weighted by atomic mass is 19.3. The Morgan fingerprint density at radius 3 is 2.75 bits per heavy atom. The van der Waals surface area contributed by atoms with E-state index in [1.54, 1.807) is 12.3 Å². The highest BCUT2D eigenvalue weighted by Gasteiger charge is 2.36. The molecule has 1 N–H and O–H groups in total. The van der Waals surface area contributed by atoms with Gasteiger partial charge in [0, 0.05) is 39.1 Å². The molecule has 2 aromatic rings. The van der Waals surface area contributed by atoms with Gasteiger partial charge in [0.1, 0.15) is 5.82 Å². The number of anilines is 2. The van der Waals surface area contributed by atoms with Crippen LogP contribution in [-0.2, 0) is 6.54 Å². The first-order valence-corrected chi connectivity index (χ1v) is 7.87. The Morgan fingerprint density at radius 2 is 2.04 bits per heavy atom. The first-order valence-electron chi connectivity index (χ1n) is 7.87. The second kappa shape index (κ2) is 6.66. The number of hydrogen-bond donors (Lipinski definition) is 1. The van der Waals surface area contributed by atoms with Crippen molar-refractivity contribution >= 4 is 11.8 Å². The average molecular weight is 338 g/mol. The van der Waals surface area contributed by atoms with Crippen molar-refractivity contribution < 1.29 is 13.3 Å². The molecule has 1 aliphatic rings. The first kappa shape index (κ1) is 16.5. The number of nitrogens with one attached hydrogen (secondary N) is 1. The monoisotopic (exact) mass is 338 g/mol. The van der Waals surface area contributed by atoms with Crippen molar-refractivity contribution in [3.63, 3.8) is 0 Å². The molecule has 3 rings (SSSR count). The number of alkyl halides is 2. The van der Waals surface area contributed by atoms with Crippen LogP contribution in [0.3, 0.4) is 0 Å². The molecule has 0 spiro atoms. The minimum Gasteiger partial charge on any atom is -0.363 e. The lowest BCUT2D eigenvalue weighted by Gasteiger charge is -2.26. The van der Waals surface area contributed by atoms with E-state index in [4.69, 9.17) is 4.52 Å². The molecule has 0 saturated heterocycles. The van der Waals surface area contributed by atoms with Gasteiger partial charge >= 0.3 is 0 Å². The summed E-state index contributed by atoms with van der Waals surface area (Å²) in [6, 6.07) is 1.80. The fraction of sp³-hybridized carbons (Fsp3) is 0.600. The van der Waals surface area contributed by atoms with Gasteiger partial charge in [-0.2, -0.15) is 9.97 Å². The van der Waals surface area contributed by atoms with Gasteiger partial charge in [0.25, 0.3) is 0 Å². The third-order valence-corrected chi connectivity index (χ3v) is 4.06. The van der Waals surface area contributed by atoms with Crippen molar-refractivity contribution in [1.82, 2.24) is 20.1 Å². The van der Waals surface area contributed by atoms with Crippen LogP contribution in [0.25, 0.3) is 0 Å². The summed E-state index contributed by atoms with van der Waals surface area (Å²) in [5.74, 6) is -0.485. The third-order valence-electron chi connectivity index (χ3n) is 4.06. The number of nitrogens with zero attached hydrogens (tertiary/aromatic N) is 5. The molecule has 2 heterocycles. The molecule has 7 nitrogen and oxygen atoms in total. The van der Waals surface area contributed by atoms with E-state index in [0.29, 0.717) is 30.5 Å². The molecule has 0 bridgehead atoms. The molecule has 0 atom stereocenters. The number of halogens is 2. The van der Waals surface area contributed by atoms with E-state index in [2.05, 4.69) is 25.4 Å². The van der Waals surface area contributed by atoms with E-state index in [0.717, 1.165) is 5.82 Å². The zero-order valence-electron chi connectivity index (χ0n) is 13.7. The first-order chi connectivity index (χ1) is 11.4. The van der Waals surface area contributed by atoms with Crippen molar-refractivity contribution in [3.8, 4) is 0 Å². The molecule has 9 heteroatoms. The van der Waals surface area contributed by atoms with E-state index in [9.17, 15) is 8.78 Å². The minimum absolute atomic E-state index is 0.0598. The van der Waals surface area contributed by atoms with E-state index < -0.39 is 5.92 Å². The second-order valence-corrected chi connectivity index (χ2v) is 6.16. The maximum absolute atomic E-state index is 13.2. The van der Waals surface area contributed by atoms with E-state index >= 15 is 0 Å². The number of rotatable bonds is 5. The lowest BCUT2D eigenvalue weighted by atomic mass is 9.86. The molecule has 1 saturated carbocycles. The van der Waals surface area contributed by atoms with Crippen LogP contribution in [0, 0.1) is 0 Å². The topological polar surface area (TPSA) is 80.0 Å². The Morgan fingerprint density at radius 1 is 1.29 bits per heavy atom. The lowest BCUT2D eigenvalue weighted by Crippen LogP contribution is -2.24. The molecular weight excluding hydrogens is 318 g/mol. The quantitative estimate of drug-likeness (QED) is 0.898. The molecular formula is C15H20F2N6O. The molecule has 2 aromatic heterocycles. The highest BCUT2D eigenvalue weighted by Crippen LogP contribution is 2.39. The summed E-state index contributed by atoms with van der Waals surface area (Å²) < 4.78 is 31.6. The lowest BCUT2D eigenvalue weighted by molar-refractivity contribution is -0.0389. The Hall–Kier alpha value is -2.32. The summed E-state index contributed by atoms with van der Waals surface area (Å²) in [4.78, 5) is 14.6. The number of aromatic nitrogens is 4. The van der Waals surface area contributed by atoms with Gasteiger partial charge in [0.15, 0.2) is 5.82 Å². The van der Waals surface area contributed by atoms with Crippen LogP contribution in [0.5, 0.6) is 0 Å². The molecule has 0 radical (unpaired) electrons. The van der Waals surface area contributed by atoms with Gasteiger partial charge in [-0.05, 0) is 18.9 Å². The molecule has 24 heavy (non-hydrogen) atoms. The molecule has 1 aliphatic carbocycles. The fourth-order valence-electron chi connectivity index (χ4n) is 2.64. The summed E-state index contributed by atoms with van der Waals surface area (Å²) in [6.45, 7) is 0.284. The molecule has 0 aliphatic heterocycles. The second-order valence-electron chi connectivity index (χ2n) is 6.16. The molecule has 0 aromatic carbocycles. The van der Waals surface area contributed by atoms with Crippen molar-refractivity contribution in [2.75, 3.05) is 24.3 Å². The van der Waals surface area contributed by atoms with Gasteiger partial charge in [0.2, 0.25) is 17.8 Å². The fourth-order valence-corrected chi connectivity index (χ4v) is 2.64. The summed E-state index contributed by atoms with van der Waals surface area (Å²) in [5, 5.41) is 6.95. The van der Waals surface area contributed by atoms with Crippen molar-refractivity contribution in [2.24, 2.45) is 0 Å². The van der Waals surface area contributed by atoms with Crippen LogP contribution in [0.15, 0.2) is 16.8 Å². The molecule has 0 amide bonds. The molecule has 0 unspecified atom stereocenters. The van der Waals surface area contributed by atoms with E-state index in [1.807, 2.05) is 19.0 Å². The van der Waals surface area contributed by atoms with Crippen LogP contribution >= 0.6 is 0 Å². The maximum Gasteiger partial charge on any atom is 0.248 e. The molecule has 130 valence electrons. The predicted octanol–water partition coefficient (Wildman–Crippen LogP) is 2.83. The predicted molar refractivity (Wildman–Crippen MR) is 84.1 cm³/mol. The Labute approximate surface area is 138 Å². The van der Waals surface area contributed by atoms with E-state index in [-0.39, 0.29) is 25.3 Å². The van der Waals surface area contributed by atoms with Crippen LogP contribution in [-0.4, -0.2) is 40.1 Å². The van der Waals surface area contributed by atoms with Crippen molar-refractivity contribution in [2.45, 2.75) is 44.1 Å².